The monoisotopic (exact) mass is 280 g/mol. The first kappa shape index (κ1) is 11.2. The lowest BCUT2D eigenvalue weighted by atomic mass is 10.0. The van der Waals surface area contributed by atoms with Gasteiger partial charge in [0.25, 0.3) is 0 Å². The molecule has 0 aliphatic rings. The average Bonchev–Trinajstić information content (AvgIpc) is 2.63. The summed E-state index contributed by atoms with van der Waals surface area (Å²) in [6.45, 7) is 4.08. The van der Waals surface area contributed by atoms with Gasteiger partial charge in [-0.2, -0.15) is 0 Å². The molecule has 1 aromatic carbocycles. The smallest absolute Gasteiger partial charge is 0.172 e. The minimum atomic E-state index is 0.484. The van der Waals surface area contributed by atoms with E-state index in [1.54, 1.807) is 0 Å². The molecule has 0 bridgehead atoms. The van der Waals surface area contributed by atoms with Gasteiger partial charge in [-0.1, -0.05) is 28.0 Å². The van der Waals surface area contributed by atoms with E-state index in [9.17, 15) is 0 Å². The van der Waals surface area contributed by atoms with Crippen LogP contribution in [0, 0.1) is 6.92 Å². The van der Waals surface area contributed by atoms with Gasteiger partial charge in [0.1, 0.15) is 0 Å². The lowest BCUT2D eigenvalue weighted by Crippen LogP contribution is -1.91. The minimum Gasteiger partial charge on any atom is -0.381 e. The lowest BCUT2D eigenvalue weighted by molar-refractivity contribution is 0.435. The highest BCUT2D eigenvalue weighted by atomic mass is 79.9. The Morgan fingerprint density at radius 2 is 2.19 bits per heavy atom. The molecule has 0 unspecified atom stereocenters. The number of rotatable bonds is 2. The van der Waals surface area contributed by atoms with Crippen molar-refractivity contribution in [2.75, 3.05) is 5.73 Å². The zero-order chi connectivity index (χ0) is 11.7. The summed E-state index contributed by atoms with van der Waals surface area (Å²) in [5.41, 5.74) is 8.89. The summed E-state index contributed by atoms with van der Waals surface area (Å²) in [6, 6.07) is 6.06. The zero-order valence-corrected chi connectivity index (χ0v) is 10.8. The van der Waals surface area contributed by atoms with E-state index in [1.807, 2.05) is 26.0 Å². The molecular weight excluding hydrogens is 268 g/mol. The normalized spacial score (nSPS) is 10.7. The van der Waals surface area contributed by atoms with Crippen molar-refractivity contribution in [3.8, 4) is 11.3 Å². The number of nitrogens with two attached hydrogens (primary N) is 1. The molecular formula is C12H13BrN2O. The van der Waals surface area contributed by atoms with Crippen molar-refractivity contribution in [2.24, 2.45) is 0 Å². The minimum absolute atomic E-state index is 0.484. The van der Waals surface area contributed by atoms with Crippen LogP contribution in [0.2, 0.25) is 0 Å². The number of halogens is 1. The molecule has 1 heterocycles. The predicted octanol–water partition coefficient (Wildman–Crippen LogP) is 3.56. The van der Waals surface area contributed by atoms with E-state index >= 15 is 0 Å². The first-order valence-electron chi connectivity index (χ1n) is 5.14. The molecule has 2 rings (SSSR count). The maximum atomic E-state index is 5.74. The van der Waals surface area contributed by atoms with E-state index < -0.39 is 0 Å². The van der Waals surface area contributed by atoms with E-state index in [4.69, 9.17) is 10.3 Å². The van der Waals surface area contributed by atoms with Crippen LogP contribution in [-0.2, 0) is 6.42 Å². The van der Waals surface area contributed by atoms with Gasteiger partial charge in [0.15, 0.2) is 11.6 Å². The van der Waals surface area contributed by atoms with E-state index in [2.05, 4.69) is 27.2 Å². The molecule has 4 heteroatoms. The van der Waals surface area contributed by atoms with Crippen molar-refractivity contribution in [1.29, 1.82) is 0 Å². The van der Waals surface area contributed by atoms with Gasteiger partial charge in [0.05, 0.1) is 0 Å². The van der Waals surface area contributed by atoms with Gasteiger partial charge in [-0.25, -0.2) is 0 Å². The molecule has 84 valence electrons. The number of aryl methyl sites for hydroxylation is 1. The number of aromatic nitrogens is 1. The van der Waals surface area contributed by atoms with Crippen LogP contribution in [0.5, 0.6) is 0 Å². The molecule has 2 N–H and O–H groups in total. The predicted molar refractivity (Wildman–Crippen MR) is 68.2 cm³/mol. The quantitative estimate of drug-likeness (QED) is 0.915. The Bertz CT molecular complexity index is 520. The van der Waals surface area contributed by atoms with E-state index in [-0.39, 0.29) is 0 Å². The summed E-state index contributed by atoms with van der Waals surface area (Å²) in [4.78, 5) is 0. The Hall–Kier alpha value is -1.29. The molecule has 2 aromatic rings. The molecule has 16 heavy (non-hydrogen) atoms. The van der Waals surface area contributed by atoms with Crippen molar-refractivity contribution in [3.05, 3.63) is 33.8 Å². The number of anilines is 1. The molecule has 0 amide bonds. The average molecular weight is 281 g/mol. The van der Waals surface area contributed by atoms with Gasteiger partial charge in [0, 0.05) is 15.6 Å². The van der Waals surface area contributed by atoms with Crippen molar-refractivity contribution < 1.29 is 4.52 Å². The van der Waals surface area contributed by atoms with Crippen LogP contribution in [0.15, 0.2) is 27.2 Å². The van der Waals surface area contributed by atoms with E-state index in [1.165, 1.54) is 0 Å². The summed E-state index contributed by atoms with van der Waals surface area (Å²) in [5, 5.41) is 3.81. The molecule has 1 aromatic heterocycles. The Morgan fingerprint density at radius 1 is 1.44 bits per heavy atom. The van der Waals surface area contributed by atoms with Gasteiger partial charge >= 0.3 is 0 Å². The highest BCUT2D eigenvalue weighted by molar-refractivity contribution is 9.10. The SMILES string of the molecule is CCc1c(N)noc1-c1ccc(Br)c(C)c1. The molecule has 0 saturated heterocycles. The van der Waals surface area contributed by atoms with Gasteiger partial charge in [-0.15, -0.1) is 0 Å². The fourth-order valence-corrected chi connectivity index (χ4v) is 1.92. The van der Waals surface area contributed by atoms with Crippen LogP contribution in [0.4, 0.5) is 5.82 Å². The van der Waals surface area contributed by atoms with Crippen LogP contribution < -0.4 is 5.73 Å². The van der Waals surface area contributed by atoms with E-state index in [0.29, 0.717) is 5.82 Å². The molecule has 0 spiro atoms. The number of nitrogens with zero attached hydrogens (tertiary/aromatic N) is 1. The summed E-state index contributed by atoms with van der Waals surface area (Å²) in [6.07, 6.45) is 0.819. The topological polar surface area (TPSA) is 52.0 Å². The van der Waals surface area contributed by atoms with Crippen molar-refractivity contribution in [1.82, 2.24) is 5.16 Å². The molecule has 0 aliphatic heterocycles. The van der Waals surface area contributed by atoms with Crippen LogP contribution in [0.25, 0.3) is 11.3 Å². The molecule has 0 aliphatic carbocycles. The molecule has 0 saturated carbocycles. The Kier molecular flexibility index (Phi) is 3.01. The summed E-state index contributed by atoms with van der Waals surface area (Å²) in [7, 11) is 0. The second-order valence-electron chi connectivity index (χ2n) is 3.69. The molecule has 0 atom stereocenters. The van der Waals surface area contributed by atoms with Crippen LogP contribution in [0.3, 0.4) is 0 Å². The fraction of sp³-hybridized carbons (Fsp3) is 0.250. The maximum Gasteiger partial charge on any atom is 0.172 e. The first-order chi connectivity index (χ1) is 7.63. The third-order valence-electron chi connectivity index (χ3n) is 2.59. The first-order valence-corrected chi connectivity index (χ1v) is 5.93. The summed E-state index contributed by atoms with van der Waals surface area (Å²) >= 11 is 3.47. The summed E-state index contributed by atoms with van der Waals surface area (Å²) < 4.78 is 6.36. The van der Waals surface area contributed by atoms with Gasteiger partial charge in [-0.05, 0) is 37.1 Å². The fourth-order valence-electron chi connectivity index (χ4n) is 1.68. The number of hydrogen-bond acceptors (Lipinski definition) is 3. The standard InChI is InChI=1S/C12H13BrN2O/c1-3-9-11(16-15-12(9)14)8-4-5-10(13)7(2)6-8/h4-6H,3H2,1-2H3,(H2,14,15). The van der Waals surface area contributed by atoms with Crippen LogP contribution in [0.1, 0.15) is 18.1 Å². The second kappa shape index (κ2) is 4.29. The van der Waals surface area contributed by atoms with Crippen molar-refractivity contribution >= 4 is 21.7 Å². The van der Waals surface area contributed by atoms with Crippen molar-refractivity contribution in [3.63, 3.8) is 0 Å². The zero-order valence-electron chi connectivity index (χ0n) is 9.25. The van der Waals surface area contributed by atoms with E-state index in [0.717, 1.165) is 33.3 Å². The van der Waals surface area contributed by atoms with Gasteiger partial charge in [0.2, 0.25) is 0 Å². The van der Waals surface area contributed by atoms with Crippen molar-refractivity contribution in [2.45, 2.75) is 20.3 Å². The second-order valence-corrected chi connectivity index (χ2v) is 4.55. The third-order valence-corrected chi connectivity index (χ3v) is 3.48. The Balaban J connectivity index is 2.54. The largest absolute Gasteiger partial charge is 0.381 e. The van der Waals surface area contributed by atoms with Gasteiger partial charge < -0.3 is 10.3 Å². The number of hydrogen-bond donors (Lipinski definition) is 1. The highest BCUT2D eigenvalue weighted by Crippen LogP contribution is 2.30. The maximum absolute atomic E-state index is 5.74. The van der Waals surface area contributed by atoms with Crippen LogP contribution >= 0.6 is 15.9 Å². The highest BCUT2D eigenvalue weighted by Gasteiger charge is 2.14. The van der Waals surface area contributed by atoms with Gasteiger partial charge in [-0.3, -0.25) is 0 Å². The Labute approximate surface area is 103 Å². The van der Waals surface area contributed by atoms with Crippen LogP contribution in [-0.4, -0.2) is 5.16 Å². The Morgan fingerprint density at radius 3 is 2.81 bits per heavy atom. The molecule has 0 fully saturated rings. The lowest BCUT2D eigenvalue weighted by Gasteiger charge is -2.02. The third kappa shape index (κ3) is 1.85. The summed E-state index contributed by atoms with van der Waals surface area (Å²) in [5.74, 6) is 1.26. The number of benzene rings is 1. The number of nitrogen functional groups attached to an aromatic ring is 1. The molecule has 3 nitrogen and oxygen atoms in total. The molecule has 0 radical (unpaired) electrons.